The van der Waals surface area contributed by atoms with E-state index in [0.29, 0.717) is 11.6 Å². The maximum Gasteiger partial charge on any atom is 0.291 e. The number of hydrogen-bond donors (Lipinski definition) is 0. The lowest BCUT2D eigenvalue weighted by Crippen LogP contribution is -2.18. The SMILES string of the molecule is COc1ccc([N+](=O)[O-])c(C(C(C)C)C(C)Br)n1. The minimum absolute atomic E-state index is 0.0412. The monoisotopic (exact) mass is 316 g/mol. The van der Waals surface area contributed by atoms with Gasteiger partial charge >= 0.3 is 0 Å². The van der Waals surface area contributed by atoms with Crippen LogP contribution >= 0.6 is 15.9 Å². The highest BCUT2D eigenvalue weighted by molar-refractivity contribution is 9.09. The average molecular weight is 317 g/mol. The number of nitro groups is 1. The molecule has 1 aromatic rings. The van der Waals surface area contributed by atoms with Crippen molar-refractivity contribution in [2.24, 2.45) is 5.92 Å². The minimum Gasteiger partial charge on any atom is -0.481 e. The summed E-state index contributed by atoms with van der Waals surface area (Å²) in [4.78, 5) is 15.0. The van der Waals surface area contributed by atoms with Crippen molar-refractivity contribution >= 4 is 21.6 Å². The topological polar surface area (TPSA) is 65.3 Å². The van der Waals surface area contributed by atoms with Crippen molar-refractivity contribution in [1.29, 1.82) is 0 Å². The molecule has 6 heteroatoms. The van der Waals surface area contributed by atoms with E-state index in [1.54, 1.807) is 0 Å². The van der Waals surface area contributed by atoms with Crippen molar-refractivity contribution in [2.45, 2.75) is 31.5 Å². The molecular weight excluding hydrogens is 300 g/mol. The molecule has 0 aromatic carbocycles. The fourth-order valence-corrected chi connectivity index (χ4v) is 2.89. The number of rotatable bonds is 5. The van der Waals surface area contributed by atoms with Gasteiger partial charge in [0, 0.05) is 22.9 Å². The first-order chi connectivity index (χ1) is 8.38. The molecule has 0 N–H and O–H groups in total. The minimum atomic E-state index is -0.396. The summed E-state index contributed by atoms with van der Waals surface area (Å²) in [6, 6.07) is 2.96. The Morgan fingerprint density at radius 1 is 1.39 bits per heavy atom. The number of halogens is 1. The smallest absolute Gasteiger partial charge is 0.291 e. The Balaban J connectivity index is 3.37. The van der Waals surface area contributed by atoms with Gasteiger partial charge in [0.1, 0.15) is 5.69 Å². The molecule has 0 aliphatic carbocycles. The third-order valence-electron chi connectivity index (χ3n) is 2.81. The second kappa shape index (κ2) is 6.13. The number of ether oxygens (including phenoxy) is 1. The van der Waals surface area contributed by atoms with Gasteiger partial charge in [-0.3, -0.25) is 10.1 Å². The Kier molecular flexibility index (Phi) is 5.07. The van der Waals surface area contributed by atoms with Gasteiger partial charge in [-0.2, -0.15) is 0 Å². The lowest BCUT2D eigenvalue weighted by molar-refractivity contribution is -0.386. The van der Waals surface area contributed by atoms with Crippen molar-refractivity contribution in [3.05, 3.63) is 27.9 Å². The molecule has 1 heterocycles. The van der Waals surface area contributed by atoms with E-state index in [-0.39, 0.29) is 22.4 Å². The molecule has 100 valence electrons. The molecule has 0 spiro atoms. The Hall–Kier alpha value is -1.17. The third kappa shape index (κ3) is 3.19. The van der Waals surface area contributed by atoms with Crippen LogP contribution in [0.3, 0.4) is 0 Å². The number of hydrogen-bond acceptors (Lipinski definition) is 4. The van der Waals surface area contributed by atoms with Crippen molar-refractivity contribution in [3.8, 4) is 5.88 Å². The molecule has 2 unspecified atom stereocenters. The molecule has 0 saturated heterocycles. The van der Waals surface area contributed by atoms with E-state index in [4.69, 9.17) is 4.74 Å². The van der Waals surface area contributed by atoms with Crippen LogP contribution in [0.5, 0.6) is 5.88 Å². The van der Waals surface area contributed by atoms with E-state index in [0.717, 1.165) is 0 Å². The summed E-state index contributed by atoms with van der Waals surface area (Å²) < 4.78 is 5.05. The summed E-state index contributed by atoms with van der Waals surface area (Å²) in [5, 5.41) is 11.1. The largest absolute Gasteiger partial charge is 0.481 e. The Morgan fingerprint density at radius 2 is 2.00 bits per heavy atom. The van der Waals surface area contributed by atoms with Gasteiger partial charge in [0.05, 0.1) is 12.0 Å². The molecule has 1 aromatic heterocycles. The van der Waals surface area contributed by atoms with Crippen LogP contribution < -0.4 is 4.74 Å². The van der Waals surface area contributed by atoms with Crippen LogP contribution in [0.4, 0.5) is 5.69 Å². The highest BCUT2D eigenvalue weighted by Crippen LogP contribution is 2.36. The molecule has 0 fully saturated rings. The highest BCUT2D eigenvalue weighted by atomic mass is 79.9. The summed E-state index contributed by atoms with van der Waals surface area (Å²) in [6.07, 6.45) is 0. The summed E-state index contributed by atoms with van der Waals surface area (Å²) in [6.45, 7) is 6.01. The van der Waals surface area contributed by atoms with Crippen molar-refractivity contribution in [2.75, 3.05) is 7.11 Å². The number of nitrogens with zero attached hydrogens (tertiary/aromatic N) is 2. The zero-order valence-electron chi connectivity index (χ0n) is 10.9. The summed E-state index contributed by atoms with van der Waals surface area (Å²) in [5.74, 6) is 0.590. The first-order valence-electron chi connectivity index (χ1n) is 5.71. The van der Waals surface area contributed by atoms with E-state index in [1.165, 1.54) is 19.2 Å². The van der Waals surface area contributed by atoms with Gasteiger partial charge < -0.3 is 4.74 Å². The van der Waals surface area contributed by atoms with Gasteiger partial charge in [-0.05, 0) is 5.92 Å². The molecule has 2 atom stereocenters. The number of pyridine rings is 1. The van der Waals surface area contributed by atoms with Gasteiger partial charge in [-0.1, -0.05) is 36.7 Å². The van der Waals surface area contributed by atoms with Crippen molar-refractivity contribution in [3.63, 3.8) is 0 Å². The van der Waals surface area contributed by atoms with Gasteiger partial charge in [0.2, 0.25) is 5.88 Å². The van der Waals surface area contributed by atoms with E-state index in [1.807, 2.05) is 20.8 Å². The summed E-state index contributed by atoms with van der Waals surface area (Å²) in [7, 11) is 1.50. The molecule has 0 bridgehead atoms. The Morgan fingerprint density at radius 3 is 2.39 bits per heavy atom. The predicted octanol–water partition coefficient (Wildman–Crippen LogP) is 3.52. The van der Waals surface area contributed by atoms with Crippen molar-refractivity contribution < 1.29 is 9.66 Å². The third-order valence-corrected chi connectivity index (χ3v) is 3.38. The molecule has 0 aliphatic heterocycles. The first-order valence-corrected chi connectivity index (χ1v) is 6.63. The quantitative estimate of drug-likeness (QED) is 0.473. The van der Waals surface area contributed by atoms with E-state index in [2.05, 4.69) is 20.9 Å². The Labute approximate surface area is 115 Å². The fraction of sp³-hybridized carbons (Fsp3) is 0.583. The van der Waals surface area contributed by atoms with Gasteiger partial charge in [-0.25, -0.2) is 4.98 Å². The van der Waals surface area contributed by atoms with Crippen LogP contribution in [0.15, 0.2) is 12.1 Å². The normalized spacial score (nSPS) is 14.3. The van der Waals surface area contributed by atoms with Gasteiger partial charge in [0.25, 0.3) is 5.69 Å². The van der Waals surface area contributed by atoms with E-state index < -0.39 is 4.92 Å². The molecule has 0 radical (unpaired) electrons. The van der Waals surface area contributed by atoms with Crippen molar-refractivity contribution in [1.82, 2.24) is 4.98 Å². The van der Waals surface area contributed by atoms with E-state index >= 15 is 0 Å². The number of methoxy groups -OCH3 is 1. The fourth-order valence-electron chi connectivity index (χ4n) is 2.03. The van der Waals surface area contributed by atoms with Crippen LogP contribution in [-0.4, -0.2) is 21.8 Å². The maximum atomic E-state index is 11.1. The first kappa shape index (κ1) is 14.9. The lowest BCUT2D eigenvalue weighted by atomic mass is 9.89. The standard InChI is InChI=1S/C12H17BrN2O3/c1-7(2)11(8(3)13)12-9(15(16)17)5-6-10(14-12)18-4/h5-8,11H,1-4H3. The molecule has 0 aliphatic rings. The average Bonchev–Trinajstić information content (AvgIpc) is 2.27. The van der Waals surface area contributed by atoms with Crippen LogP contribution in [0.1, 0.15) is 32.4 Å². The second-order valence-electron chi connectivity index (χ2n) is 4.46. The second-order valence-corrected chi connectivity index (χ2v) is 5.91. The van der Waals surface area contributed by atoms with Gasteiger partial charge in [-0.15, -0.1) is 0 Å². The maximum absolute atomic E-state index is 11.1. The zero-order chi connectivity index (χ0) is 13.9. The molecule has 18 heavy (non-hydrogen) atoms. The number of alkyl halides is 1. The van der Waals surface area contributed by atoms with Crippen LogP contribution in [0, 0.1) is 16.0 Å². The highest BCUT2D eigenvalue weighted by Gasteiger charge is 2.30. The molecule has 1 rings (SSSR count). The van der Waals surface area contributed by atoms with Crippen LogP contribution in [0.25, 0.3) is 0 Å². The van der Waals surface area contributed by atoms with Crippen LogP contribution in [0.2, 0.25) is 0 Å². The summed E-state index contributed by atoms with van der Waals surface area (Å²) in [5.41, 5.74) is 0.513. The van der Waals surface area contributed by atoms with Gasteiger partial charge in [0.15, 0.2) is 0 Å². The molecular formula is C12H17BrN2O3. The zero-order valence-corrected chi connectivity index (χ0v) is 12.5. The lowest BCUT2D eigenvalue weighted by Gasteiger charge is -2.23. The van der Waals surface area contributed by atoms with Crippen LogP contribution in [-0.2, 0) is 0 Å². The summed E-state index contributed by atoms with van der Waals surface area (Å²) >= 11 is 3.50. The number of aromatic nitrogens is 1. The van der Waals surface area contributed by atoms with E-state index in [9.17, 15) is 10.1 Å². The molecule has 5 nitrogen and oxygen atoms in total. The molecule has 0 amide bonds. The predicted molar refractivity (Wildman–Crippen MR) is 73.4 cm³/mol. The Bertz CT molecular complexity index is 427. The molecule has 0 saturated carbocycles.